The zero-order valence-corrected chi connectivity index (χ0v) is 26.3. The number of urea groups is 1. The lowest BCUT2D eigenvalue weighted by molar-refractivity contribution is -0.870. The molecule has 2 fully saturated rings. The summed E-state index contributed by atoms with van der Waals surface area (Å²) in [5.41, 5.74) is 0.821. The highest BCUT2D eigenvalue weighted by Crippen LogP contribution is 2.42. The molecule has 1 unspecified atom stereocenters. The van der Waals surface area contributed by atoms with Crippen molar-refractivity contribution in [2.45, 2.75) is 51.0 Å². The number of imide groups is 1. The average Bonchev–Trinajstić information content (AvgIpc) is 3.56. The number of carboxylic acid groups (broad SMARTS) is 1. The Bertz CT molecular complexity index is 1190. The third-order valence-corrected chi connectivity index (χ3v) is 8.81. The number of nitrogens with zero attached hydrogens (tertiary/aromatic N) is 5. The summed E-state index contributed by atoms with van der Waals surface area (Å²) in [6, 6.07) is 4.67. The highest BCUT2D eigenvalue weighted by Gasteiger charge is 2.47. The van der Waals surface area contributed by atoms with Crippen LogP contribution in [0, 0.1) is 5.92 Å². The minimum atomic E-state index is -0.939. The van der Waals surface area contributed by atoms with Gasteiger partial charge in [-0.3, -0.25) is 24.2 Å². The predicted molar refractivity (Wildman–Crippen MR) is 160 cm³/mol. The van der Waals surface area contributed by atoms with Crippen molar-refractivity contribution in [2.75, 3.05) is 80.8 Å². The Morgan fingerprint density at radius 2 is 1.81 bits per heavy atom. The molecule has 4 amide bonds. The topological polar surface area (TPSA) is 120 Å². The second-order valence-electron chi connectivity index (χ2n) is 12.9. The first kappa shape index (κ1) is 32.5. The largest absolute Gasteiger partial charge is 0.481 e. The minimum absolute atomic E-state index is 0.00489. The predicted octanol–water partition coefficient (Wildman–Crippen LogP) is 2.28. The van der Waals surface area contributed by atoms with Crippen molar-refractivity contribution in [1.29, 1.82) is 0 Å². The van der Waals surface area contributed by atoms with Crippen molar-refractivity contribution in [3.05, 3.63) is 23.8 Å². The Labute approximate surface area is 254 Å². The number of likely N-dealkylation sites (tertiary alicyclic amines) is 1. The van der Waals surface area contributed by atoms with Gasteiger partial charge in [0.15, 0.2) is 11.5 Å². The second kappa shape index (κ2) is 13.9. The molecule has 1 N–H and O–H groups in total. The number of hydrogen-bond acceptors (Lipinski definition) is 7. The first-order valence-corrected chi connectivity index (χ1v) is 15.4. The number of ether oxygens (including phenoxy) is 2. The molecule has 3 aliphatic rings. The molecule has 238 valence electrons. The van der Waals surface area contributed by atoms with Gasteiger partial charge in [-0.15, -0.1) is 0 Å². The zero-order chi connectivity index (χ0) is 31.3. The van der Waals surface area contributed by atoms with Crippen molar-refractivity contribution in [3.8, 4) is 11.5 Å². The van der Waals surface area contributed by atoms with E-state index in [1.807, 2.05) is 21.9 Å². The van der Waals surface area contributed by atoms with E-state index in [4.69, 9.17) is 9.47 Å². The van der Waals surface area contributed by atoms with Gasteiger partial charge in [-0.2, -0.15) is 0 Å². The van der Waals surface area contributed by atoms with E-state index in [1.54, 1.807) is 11.0 Å². The number of carbonyl (C=O) groups excluding carboxylic acids is 3. The number of unbranched alkanes of at least 4 members (excludes halogenated alkanes) is 1. The fraction of sp³-hybridized carbons (Fsp3) is 0.677. The van der Waals surface area contributed by atoms with Crippen LogP contribution in [0.15, 0.2) is 18.2 Å². The molecule has 0 saturated carbocycles. The molecule has 3 heterocycles. The van der Waals surface area contributed by atoms with Gasteiger partial charge >= 0.3 is 12.0 Å². The van der Waals surface area contributed by atoms with Crippen molar-refractivity contribution >= 4 is 23.8 Å². The lowest BCUT2D eigenvalue weighted by Gasteiger charge is -2.35. The van der Waals surface area contributed by atoms with E-state index in [9.17, 15) is 24.3 Å². The lowest BCUT2D eigenvalue weighted by Crippen LogP contribution is -2.52. The van der Waals surface area contributed by atoms with Gasteiger partial charge in [0.1, 0.15) is 0 Å². The molecule has 0 bridgehead atoms. The first-order valence-electron chi connectivity index (χ1n) is 15.4. The summed E-state index contributed by atoms with van der Waals surface area (Å²) >= 11 is 0. The number of fused-ring (bicyclic) bond motifs is 1. The normalized spacial score (nSPS) is 22.4. The van der Waals surface area contributed by atoms with Crippen molar-refractivity contribution < 1.29 is 38.2 Å². The van der Waals surface area contributed by atoms with Gasteiger partial charge in [0, 0.05) is 64.6 Å². The highest BCUT2D eigenvalue weighted by atomic mass is 16.7. The van der Waals surface area contributed by atoms with Crippen molar-refractivity contribution in [2.24, 2.45) is 5.92 Å². The van der Waals surface area contributed by atoms with Crippen LogP contribution in [0.25, 0.3) is 0 Å². The number of aliphatic carboxylic acids is 1. The van der Waals surface area contributed by atoms with Gasteiger partial charge in [-0.1, -0.05) is 19.4 Å². The summed E-state index contributed by atoms with van der Waals surface area (Å²) in [4.78, 5) is 58.1. The average molecular weight is 603 g/mol. The number of hydrogen-bond donors (Lipinski definition) is 1. The fourth-order valence-electron chi connectivity index (χ4n) is 6.36. The van der Waals surface area contributed by atoms with Gasteiger partial charge in [-0.25, -0.2) is 4.79 Å². The van der Waals surface area contributed by atoms with Crippen LogP contribution in [-0.4, -0.2) is 140 Å². The SMILES string of the molecule is CCCCN(CCC[N+](C)(C)C)C(=O)CN1C[C@H](c2ccc3c(c2)OCO3)C(C(=O)O)[C@@H]1CCN1CCC(=O)N(C)C1=O. The van der Waals surface area contributed by atoms with Crippen molar-refractivity contribution in [1.82, 2.24) is 19.6 Å². The molecule has 2 saturated heterocycles. The summed E-state index contributed by atoms with van der Waals surface area (Å²) < 4.78 is 11.9. The van der Waals surface area contributed by atoms with E-state index < -0.39 is 17.9 Å². The summed E-state index contributed by atoms with van der Waals surface area (Å²) in [6.07, 6.45) is 3.36. The number of amides is 4. The Morgan fingerprint density at radius 1 is 1.09 bits per heavy atom. The molecule has 3 aliphatic heterocycles. The monoisotopic (exact) mass is 602 g/mol. The van der Waals surface area contributed by atoms with E-state index in [2.05, 4.69) is 28.1 Å². The molecule has 0 aromatic heterocycles. The Morgan fingerprint density at radius 3 is 2.51 bits per heavy atom. The number of carbonyl (C=O) groups is 4. The molecular weight excluding hydrogens is 554 g/mol. The number of rotatable bonds is 14. The van der Waals surface area contributed by atoms with E-state index >= 15 is 0 Å². The molecule has 0 aliphatic carbocycles. The molecule has 12 nitrogen and oxygen atoms in total. The molecule has 0 radical (unpaired) electrons. The van der Waals surface area contributed by atoms with Gasteiger partial charge in [0.2, 0.25) is 18.6 Å². The first-order chi connectivity index (χ1) is 20.4. The van der Waals surface area contributed by atoms with Crippen LogP contribution in [0.2, 0.25) is 0 Å². The molecule has 3 atom stereocenters. The molecule has 43 heavy (non-hydrogen) atoms. The fourth-order valence-corrected chi connectivity index (χ4v) is 6.36. The molecule has 1 aromatic rings. The van der Waals surface area contributed by atoms with Gasteiger partial charge in [0.25, 0.3) is 0 Å². The zero-order valence-electron chi connectivity index (χ0n) is 26.3. The summed E-state index contributed by atoms with van der Waals surface area (Å²) in [5, 5.41) is 10.5. The van der Waals surface area contributed by atoms with Crippen LogP contribution >= 0.6 is 0 Å². The minimum Gasteiger partial charge on any atom is -0.481 e. The van der Waals surface area contributed by atoms with Crippen LogP contribution in [0.1, 0.15) is 50.5 Å². The standard InChI is InChI=1S/C31H47N5O7/c1-6-7-13-33(14-8-17-36(3,4)5)28(38)20-35-19-23(22-9-10-25-26(18-22)43-21-42-25)29(30(39)40)24(35)11-15-34-16-12-27(37)32(2)31(34)41/h9-10,18,23-24,29H,6-8,11-17,19-21H2,1-5H3/p+1/t23-,24+,29?/m1/s1. The number of benzene rings is 1. The summed E-state index contributed by atoms with van der Waals surface area (Å²) in [6.45, 7) is 5.58. The van der Waals surface area contributed by atoms with Crippen LogP contribution in [0.5, 0.6) is 11.5 Å². The molecule has 1 aromatic carbocycles. The number of carboxylic acids is 1. The summed E-state index contributed by atoms with van der Waals surface area (Å²) in [7, 11) is 7.87. The lowest BCUT2D eigenvalue weighted by atomic mass is 9.84. The maximum absolute atomic E-state index is 13.8. The third kappa shape index (κ3) is 7.97. The van der Waals surface area contributed by atoms with Crippen LogP contribution < -0.4 is 9.47 Å². The van der Waals surface area contributed by atoms with E-state index in [1.165, 1.54) is 7.05 Å². The third-order valence-electron chi connectivity index (χ3n) is 8.81. The smallest absolute Gasteiger partial charge is 0.326 e. The van der Waals surface area contributed by atoms with Gasteiger partial charge in [0.05, 0.1) is 40.2 Å². The van der Waals surface area contributed by atoms with Gasteiger partial charge in [-0.05, 0) is 30.5 Å². The van der Waals surface area contributed by atoms with E-state index in [0.29, 0.717) is 50.6 Å². The van der Waals surface area contributed by atoms with E-state index in [0.717, 1.165) is 40.8 Å². The van der Waals surface area contributed by atoms with Crippen molar-refractivity contribution in [3.63, 3.8) is 0 Å². The molecule has 12 heteroatoms. The van der Waals surface area contributed by atoms with E-state index in [-0.39, 0.29) is 43.5 Å². The molecule has 4 rings (SSSR count). The Hall–Kier alpha value is -3.38. The highest BCUT2D eigenvalue weighted by molar-refractivity contribution is 5.96. The van der Waals surface area contributed by atoms with Crippen LogP contribution in [0.4, 0.5) is 4.79 Å². The maximum Gasteiger partial charge on any atom is 0.326 e. The Balaban J connectivity index is 1.57. The number of quaternary nitrogens is 1. The molecule has 0 spiro atoms. The molecular formula is C31H48N5O7+. The van der Waals surface area contributed by atoms with Crippen LogP contribution in [0.3, 0.4) is 0 Å². The quantitative estimate of drug-likeness (QED) is 0.322. The van der Waals surface area contributed by atoms with Crippen LogP contribution in [-0.2, 0) is 14.4 Å². The second-order valence-corrected chi connectivity index (χ2v) is 12.9. The van der Waals surface area contributed by atoms with Gasteiger partial charge < -0.3 is 28.9 Å². The summed E-state index contributed by atoms with van der Waals surface area (Å²) in [5.74, 6) is -1.14. The maximum atomic E-state index is 13.8. The Kier molecular flexibility index (Phi) is 10.5.